The molecule has 0 radical (unpaired) electrons. The van der Waals surface area contributed by atoms with Gasteiger partial charge in [0.05, 0.1) is 6.04 Å². The highest BCUT2D eigenvalue weighted by Gasteiger charge is 2.19. The van der Waals surface area contributed by atoms with Crippen LogP contribution in [0, 0.1) is 24.4 Å². The molecule has 1 heterocycles. The molecule has 0 amide bonds. The molecule has 1 aromatic carbocycles. The van der Waals surface area contributed by atoms with Crippen molar-refractivity contribution in [2.45, 2.75) is 26.3 Å². The minimum absolute atomic E-state index is 0.329. The normalized spacial score (nSPS) is 12.7. The van der Waals surface area contributed by atoms with Gasteiger partial charge in [-0.25, -0.2) is 13.2 Å². The Bertz CT molecular complexity index is 572. The molecule has 0 saturated heterocycles. The Morgan fingerprint density at radius 2 is 1.75 bits per heavy atom. The third-order valence-electron chi connectivity index (χ3n) is 3.02. The van der Waals surface area contributed by atoms with Gasteiger partial charge in [-0.05, 0) is 54.6 Å². The van der Waals surface area contributed by atoms with Crippen molar-refractivity contribution >= 4 is 11.3 Å². The quantitative estimate of drug-likeness (QED) is 0.798. The maximum absolute atomic E-state index is 13.4. The molecule has 2 aromatic rings. The smallest absolute Gasteiger partial charge is 0.194 e. The van der Waals surface area contributed by atoms with Crippen LogP contribution in [0.5, 0.6) is 0 Å². The van der Waals surface area contributed by atoms with Crippen molar-refractivity contribution in [3.63, 3.8) is 0 Å². The van der Waals surface area contributed by atoms with E-state index in [1.54, 1.807) is 11.3 Å². The van der Waals surface area contributed by atoms with Crippen LogP contribution >= 0.6 is 11.3 Å². The number of halogens is 3. The zero-order valence-electron chi connectivity index (χ0n) is 11.3. The number of hydrogen-bond acceptors (Lipinski definition) is 2. The second-order valence-electron chi connectivity index (χ2n) is 4.68. The molecule has 0 bridgehead atoms. The van der Waals surface area contributed by atoms with Crippen molar-refractivity contribution in [1.29, 1.82) is 0 Å². The number of nitrogens with one attached hydrogen (secondary N) is 1. The van der Waals surface area contributed by atoms with Crippen LogP contribution in [0.1, 0.15) is 35.4 Å². The van der Waals surface area contributed by atoms with E-state index >= 15 is 0 Å². The van der Waals surface area contributed by atoms with Gasteiger partial charge in [0.15, 0.2) is 17.5 Å². The van der Waals surface area contributed by atoms with Gasteiger partial charge in [-0.2, -0.15) is 0 Å². The molecule has 20 heavy (non-hydrogen) atoms. The van der Waals surface area contributed by atoms with Gasteiger partial charge in [0.2, 0.25) is 0 Å². The molecular weight excluding hydrogens is 283 g/mol. The fourth-order valence-electron chi connectivity index (χ4n) is 2.07. The molecule has 0 saturated carbocycles. The molecule has 1 aromatic heterocycles. The van der Waals surface area contributed by atoms with Gasteiger partial charge >= 0.3 is 0 Å². The van der Waals surface area contributed by atoms with E-state index < -0.39 is 17.5 Å². The average molecular weight is 299 g/mol. The van der Waals surface area contributed by atoms with Crippen LogP contribution in [0.15, 0.2) is 23.6 Å². The van der Waals surface area contributed by atoms with Gasteiger partial charge in [-0.15, -0.1) is 11.3 Å². The van der Waals surface area contributed by atoms with E-state index in [0.717, 1.165) is 29.0 Å². The molecule has 0 aliphatic rings. The first-order chi connectivity index (χ1) is 9.52. The lowest BCUT2D eigenvalue weighted by molar-refractivity contribution is 0.442. The highest BCUT2D eigenvalue weighted by Crippen LogP contribution is 2.28. The van der Waals surface area contributed by atoms with Crippen molar-refractivity contribution in [3.8, 4) is 0 Å². The summed E-state index contributed by atoms with van der Waals surface area (Å²) in [4.78, 5) is 1.12. The molecule has 1 atom stereocenters. The number of rotatable bonds is 5. The Labute approximate surface area is 120 Å². The largest absolute Gasteiger partial charge is 0.306 e. The Hall–Kier alpha value is -1.33. The minimum atomic E-state index is -1.43. The monoisotopic (exact) mass is 299 g/mol. The lowest BCUT2D eigenvalue weighted by atomic mass is 10.00. The Morgan fingerprint density at radius 3 is 2.25 bits per heavy atom. The molecule has 1 N–H and O–H groups in total. The van der Waals surface area contributed by atoms with Gasteiger partial charge < -0.3 is 5.32 Å². The standard InChI is InChI=1S/C15H16F3NS/c1-3-4-19-15(11-5-9(2)20-8-11)10-6-12(16)14(18)13(17)7-10/h5-8,15,19H,3-4H2,1-2H3. The van der Waals surface area contributed by atoms with E-state index in [1.807, 2.05) is 25.3 Å². The molecule has 0 spiro atoms. The summed E-state index contributed by atoms with van der Waals surface area (Å²) in [5.74, 6) is -3.74. The maximum atomic E-state index is 13.4. The Kier molecular flexibility index (Phi) is 4.83. The van der Waals surface area contributed by atoms with Crippen LogP contribution in [-0.2, 0) is 0 Å². The Morgan fingerprint density at radius 1 is 1.10 bits per heavy atom. The van der Waals surface area contributed by atoms with Gasteiger partial charge in [0, 0.05) is 4.88 Å². The fourth-order valence-corrected chi connectivity index (χ4v) is 2.80. The van der Waals surface area contributed by atoms with Crippen LogP contribution in [0.4, 0.5) is 13.2 Å². The second kappa shape index (κ2) is 6.41. The predicted octanol–water partition coefficient (Wildman–Crippen LogP) is 4.56. The number of benzene rings is 1. The van der Waals surface area contributed by atoms with Gasteiger partial charge in [-0.1, -0.05) is 6.92 Å². The molecule has 1 unspecified atom stereocenters. The summed E-state index contributed by atoms with van der Waals surface area (Å²) in [5, 5.41) is 5.19. The number of hydrogen-bond donors (Lipinski definition) is 1. The molecule has 0 aliphatic heterocycles. The Balaban J connectivity index is 2.40. The third kappa shape index (κ3) is 3.22. The fraction of sp³-hybridized carbons (Fsp3) is 0.333. The SMILES string of the molecule is CCCNC(c1csc(C)c1)c1cc(F)c(F)c(F)c1. The van der Waals surface area contributed by atoms with Crippen LogP contribution in [0.2, 0.25) is 0 Å². The summed E-state index contributed by atoms with van der Waals surface area (Å²) in [6.45, 7) is 4.69. The summed E-state index contributed by atoms with van der Waals surface area (Å²) < 4.78 is 39.9. The van der Waals surface area contributed by atoms with Gasteiger partial charge in [0.1, 0.15) is 0 Å². The first kappa shape index (κ1) is 15.1. The topological polar surface area (TPSA) is 12.0 Å². The lowest BCUT2D eigenvalue weighted by Crippen LogP contribution is -2.23. The van der Waals surface area contributed by atoms with Crippen LogP contribution < -0.4 is 5.32 Å². The average Bonchev–Trinajstić information content (AvgIpc) is 2.83. The lowest BCUT2D eigenvalue weighted by Gasteiger charge is -2.18. The highest BCUT2D eigenvalue weighted by atomic mass is 32.1. The highest BCUT2D eigenvalue weighted by molar-refractivity contribution is 7.10. The van der Waals surface area contributed by atoms with E-state index in [9.17, 15) is 13.2 Å². The van der Waals surface area contributed by atoms with E-state index in [2.05, 4.69) is 5.32 Å². The molecule has 0 fully saturated rings. The zero-order chi connectivity index (χ0) is 14.7. The summed E-state index contributed by atoms with van der Waals surface area (Å²) in [6.07, 6.45) is 0.895. The zero-order valence-corrected chi connectivity index (χ0v) is 12.2. The molecule has 1 nitrogen and oxygen atoms in total. The number of aryl methyl sites for hydroxylation is 1. The van der Waals surface area contributed by atoms with Crippen LogP contribution in [0.25, 0.3) is 0 Å². The molecular formula is C15H16F3NS. The maximum Gasteiger partial charge on any atom is 0.194 e. The van der Waals surface area contributed by atoms with Crippen molar-refractivity contribution in [3.05, 3.63) is 57.0 Å². The van der Waals surface area contributed by atoms with Crippen LogP contribution in [0.3, 0.4) is 0 Å². The number of thiophene rings is 1. The second-order valence-corrected chi connectivity index (χ2v) is 5.79. The van der Waals surface area contributed by atoms with E-state index in [-0.39, 0.29) is 6.04 Å². The van der Waals surface area contributed by atoms with Gasteiger partial charge in [0.25, 0.3) is 0 Å². The van der Waals surface area contributed by atoms with E-state index in [4.69, 9.17) is 0 Å². The van der Waals surface area contributed by atoms with E-state index in [1.165, 1.54) is 0 Å². The van der Waals surface area contributed by atoms with Crippen molar-refractivity contribution in [1.82, 2.24) is 5.32 Å². The van der Waals surface area contributed by atoms with Crippen molar-refractivity contribution in [2.75, 3.05) is 6.54 Å². The molecule has 2 rings (SSSR count). The molecule has 108 valence electrons. The first-order valence-corrected chi connectivity index (χ1v) is 7.33. The molecule has 5 heteroatoms. The molecule has 0 aliphatic carbocycles. The van der Waals surface area contributed by atoms with Crippen LogP contribution in [-0.4, -0.2) is 6.54 Å². The summed E-state index contributed by atoms with van der Waals surface area (Å²) in [5.41, 5.74) is 1.33. The van der Waals surface area contributed by atoms with Crippen molar-refractivity contribution < 1.29 is 13.2 Å². The van der Waals surface area contributed by atoms with Crippen molar-refractivity contribution in [2.24, 2.45) is 0 Å². The summed E-state index contributed by atoms with van der Waals surface area (Å²) in [6, 6.07) is 3.75. The van der Waals surface area contributed by atoms with E-state index in [0.29, 0.717) is 12.1 Å². The third-order valence-corrected chi connectivity index (χ3v) is 3.90. The first-order valence-electron chi connectivity index (χ1n) is 6.45. The summed E-state index contributed by atoms with van der Waals surface area (Å²) >= 11 is 1.57. The minimum Gasteiger partial charge on any atom is -0.306 e. The van der Waals surface area contributed by atoms with Gasteiger partial charge in [-0.3, -0.25) is 0 Å². The summed E-state index contributed by atoms with van der Waals surface area (Å²) in [7, 11) is 0. The predicted molar refractivity (Wildman–Crippen MR) is 75.5 cm³/mol.